The fourth-order valence-electron chi connectivity index (χ4n) is 6.67. The number of rotatable bonds is 48. The molecule has 0 rings (SSSR count). The molecule has 398 valence electrons. The Hall–Kier alpha value is -3.86. The average Bonchev–Trinajstić information content (AvgIpc) is 3.35. The van der Waals surface area contributed by atoms with Crippen molar-refractivity contribution in [2.24, 2.45) is 0 Å². The zero-order chi connectivity index (χ0) is 51.3. The maximum absolute atomic E-state index is 12.9. The van der Waals surface area contributed by atoms with Crippen LogP contribution < -0.4 is 0 Å². The number of carbonyl (C=O) groups is 3. The van der Waals surface area contributed by atoms with E-state index in [9.17, 15) is 28.9 Å². The largest absolute Gasteiger partial charge is 0.472 e. The van der Waals surface area contributed by atoms with Gasteiger partial charge in [0.15, 0.2) is 6.10 Å². The number of hydrogen-bond donors (Lipinski definition) is 2. The summed E-state index contributed by atoms with van der Waals surface area (Å²) in [6.45, 7) is 4.23. The highest BCUT2D eigenvalue weighted by atomic mass is 31.2. The number of ether oxygens (including phenoxy) is 3. The number of allylic oxidation sites excluding steroid dienone is 17. The van der Waals surface area contributed by atoms with Crippen molar-refractivity contribution >= 4 is 25.7 Å². The van der Waals surface area contributed by atoms with Crippen molar-refractivity contribution in [3.63, 3.8) is 0 Å². The van der Waals surface area contributed by atoms with Gasteiger partial charge >= 0.3 is 25.7 Å². The van der Waals surface area contributed by atoms with Crippen LogP contribution in [-0.2, 0) is 42.2 Å². The van der Waals surface area contributed by atoms with Crippen molar-refractivity contribution in [3.05, 3.63) is 109 Å². The Kier molecular flexibility index (Phi) is 48.7. The lowest BCUT2D eigenvalue weighted by Gasteiger charge is -2.21. The van der Waals surface area contributed by atoms with Gasteiger partial charge in [0, 0.05) is 12.8 Å². The average molecular weight is 999 g/mol. The predicted molar refractivity (Wildman–Crippen MR) is 288 cm³/mol. The van der Waals surface area contributed by atoms with Crippen molar-refractivity contribution in [1.29, 1.82) is 0 Å². The van der Waals surface area contributed by atoms with Crippen LogP contribution in [-0.4, -0.2) is 66.5 Å². The molecule has 0 radical (unpaired) electrons. The number of carbonyl (C=O) groups excluding carboxylic acids is 3. The molecule has 70 heavy (non-hydrogen) atoms. The zero-order valence-electron chi connectivity index (χ0n) is 43.7. The van der Waals surface area contributed by atoms with Gasteiger partial charge in [-0.25, -0.2) is 4.57 Å². The summed E-state index contributed by atoms with van der Waals surface area (Å²) in [4.78, 5) is 48.3. The monoisotopic (exact) mass is 999 g/mol. The van der Waals surface area contributed by atoms with Crippen LogP contribution in [0.4, 0.5) is 0 Å². The van der Waals surface area contributed by atoms with Gasteiger partial charge in [0.05, 0.1) is 26.2 Å². The van der Waals surface area contributed by atoms with E-state index < -0.39 is 57.8 Å². The maximum Gasteiger partial charge on any atom is 0.472 e. The molecule has 0 fully saturated rings. The molecule has 0 aliphatic rings. The molecule has 0 aliphatic heterocycles. The summed E-state index contributed by atoms with van der Waals surface area (Å²) in [7, 11) is -4.78. The van der Waals surface area contributed by atoms with Crippen LogP contribution in [0.2, 0.25) is 0 Å². The minimum Gasteiger partial charge on any atom is -0.462 e. The highest BCUT2D eigenvalue weighted by molar-refractivity contribution is 7.47. The lowest BCUT2D eigenvalue weighted by Crippen LogP contribution is -2.30. The third kappa shape index (κ3) is 49.1. The van der Waals surface area contributed by atoms with E-state index in [1.807, 2.05) is 18.2 Å². The topological polar surface area (TPSA) is 155 Å². The molecule has 3 atom stereocenters. The maximum atomic E-state index is 12.9. The van der Waals surface area contributed by atoms with E-state index in [1.165, 1.54) is 25.7 Å². The van der Waals surface area contributed by atoms with Crippen molar-refractivity contribution in [3.8, 4) is 0 Å². The van der Waals surface area contributed by atoms with E-state index in [1.54, 1.807) is 6.08 Å². The number of aliphatic hydroxyl groups is 1. The number of unbranched alkanes of at least 4 members (excludes halogenated alkanes) is 14. The van der Waals surface area contributed by atoms with Crippen LogP contribution in [0.5, 0.6) is 0 Å². The summed E-state index contributed by atoms with van der Waals surface area (Å²) in [5.41, 5.74) is 0. The van der Waals surface area contributed by atoms with Gasteiger partial charge in [0.1, 0.15) is 12.7 Å². The Labute approximate surface area is 425 Å². The Morgan fingerprint density at radius 3 is 1.27 bits per heavy atom. The first-order valence-electron chi connectivity index (χ1n) is 26.8. The highest BCUT2D eigenvalue weighted by Crippen LogP contribution is 2.43. The van der Waals surface area contributed by atoms with Gasteiger partial charge < -0.3 is 24.2 Å². The molecule has 0 aromatic carbocycles. The van der Waals surface area contributed by atoms with Crippen LogP contribution in [0.25, 0.3) is 0 Å². The molecule has 11 nitrogen and oxygen atoms in total. The zero-order valence-corrected chi connectivity index (χ0v) is 44.6. The molecule has 0 saturated carbocycles. The number of phosphoric acid groups is 1. The first kappa shape index (κ1) is 66.1. The fraction of sp³-hybridized carbons (Fsp3) is 0.638. The first-order valence-corrected chi connectivity index (χ1v) is 28.3. The van der Waals surface area contributed by atoms with E-state index in [0.717, 1.165) is 116 Å². The second-order valence-electron chi connectivity index (χ2n) is 17.3. The molecule has 0 heterocycles. The summed E-state index contributed by atoms with van der Waals surface area (Å²) in [6, 6.07) is 0. The van der Waals surface area contributed by atoms with E-state index in [2.05, 4.69) is 106 Å². The van der Waals surface area contributed by atoms with Crippen LogP contribution in [0.1, 0.15) is 201 Å². The lowest BCUT2D eigenvalue weighted by molar-refractivity contribution is -0.160. The number of hydrogen-bond acceptors (Lipinski definition) is 10. The van der Waals surface area contributed by atoms with E-state index in [-0.39, 0.29) is 25.9 Å². The molecule has 0 amide bonds. The van der Waals surface area contributed by atoms with Crippen molar-refractivity contribution < 1.29 is 52.2 Å². The minimum absolute atomic E-state index is 0.0721. The van der Waals surface area contributed by atoms with Crippen LogP contribution >= 0.6 is 7.82 Å². The van der Waals surface area contributed by atoms with Gasteiger partial charge in [-0.15, -0.1) is 0 Å². The number of esters is 3. The second kappa shape index (κ2) is 51.5. The first-order chi connectivity index (χ1) is 34.2. The van der Waals surface area contributed by atoms with Gasteiger partial charge in [-0.1, -0.05) is 188 Å². The number of phosphoric ester groups is 1. The minimum atomic E-state index is -4.78. The third-order valence-corrected chi connectivity index (χ3v) is 11.6. The highest BCUT2D eigenvalue weighted by Gasteiger charge is 2.28. The smallest absolute Gasteiger partial charge is 0.462 e. The Morgan fingerprint density at radius 1 is 0.429 bits per heavy atom. The molecular weight excluding hydrogens is 904 g/mol. The normalized spacial score (nSPS) is 14.3. The quantitative estimate of drug-likeness (QED) is 0.0197. The van der Waals surface area contributed by atoms with Crippen LogP contribution in [0.3, 0.4) is 0 Å². The predicted octanol–water partition coefficient (Wildman–Crippen LogP) is 15.5. The van der Waals surface area contributed by atoms with Gasteiger partial charge in [-0.3, -0.25) is 23.4 Å². The molecule has 0 aromatic heterocycles. The molecule has 0 spiro atoms. The van der Waals surface area contributed by atoms with Gasteiger partial charge in [0.25, 0.3) is 0 Å². The van der Waals surface area contributed by atoms with Gasteiger partial charge in [0.2, 0.25) is 0 Å². The summed E-state index contributed by atoms with van der Waals surface area (Å²) in [6.07, 6.45) is 60.8. The standard InChI is InChI=1S/C58H95O11P/c1-4-7-10-13-16-19-22-25-27-30-33-36-39-42-45-48-57(61)68-54(50-59)52-66-70(63,64)67-53-55(51-65-56(60)47-44-41-38-35-32-29-24-21-18-15-12-9-6-3)69-58(62)49-46-43-40-37-34-31-28-26-23-20-17-14-11-8-5-2/h7-8,10-11,16-17,19-21,24-28,34,37,43,46,54-55,59H,4-6,9,12-15,18,22-23,29-33,35-36,38-42,44-45,47-53H2,1-3H3,(H,63,64)/b10-7-,11-8-,19-16-,20-17-,24-21-,27-25-,28-26-,37-34-,46-43-. The van der Waals surface area contributed by atoms with E-state index in [4.69, 9.17) is 23.3 Å². The molecule has 0 saturated heterocycles. The van der Waals surface area contributed by atoms with Crippen molar-refractivity contribution in [2.75, 3.05) is 26.4 Å². The Balaban J connectivity index is 4.87. The Bertz CT molecular complexity index is 1590. The SMILES string of the molecule is CC/C=C\C/C=C\C/C=C\C/C=C\C/C=C\CC(=O)OC(COC(=O)CCCCCCC/C=C\CCCCCC)COP(=O)(O)OCC(CO)OC(=O)CCCCCCC/C=C\C/C=C\C/C=C\CC. The van der Waals surface area contributed by atoms with Crippen LogP contribution in [0.15, 0.2) is 109 Å². The molecule has 0 bridgehead atoms. The van der Waals surface area contributed by atoms with Crippen molar-refractivity contribution in [2.45, 2.75) is 213 Å². The number of aliphatic hydroxyl groups excluding tert-OH is 1. The van der Waals surface area contributed by atoms with Crippen LogP contribution in [0, 0.1) is 0 Å². The summed E-state index contributed by atoms with van der Waals surface area (Å²) < 4.78 is 39.2. The van der Waals surface area contributed by atoms with Crippen molar-refractivity contribution in [1.82, 2.24) is 0 Å². The summed E-state index contributed by atoms with van der Waals surface area (Å²) in [5.74, 6) is -1.66. The summed E-state index contributed by atoms with van der Waals surface area (Å²) in [5, 5.41) is 9.79. The van der Waals surface area contributed by atoms with Gasteiger partial charge in [-0.2, -0.15) is 0 Å². The molecule has 0 aliphatic carbocycles. The molecule has 12 heteroatoms. The lowest BCUT2D eigenvalue weighted by atomic mass is 10.1. The summed E-state index contributed by atoms with van der Waals surface area (Å²) >= 11 is 0. The molecule has 0 aromatic rings. The van der Waals surface area contributed by atoms with Gasteiger partial charge in [-0.05, 0) is 103 Å². The Morgan fingerprint density at radius 2 is 0.800 bits per heavy atom. The van der Waals surface area contributed by atoms with E-state index >= 15 is 0 Å². The molecular formula is C58H95O11P. The fourth-order valence-corrected chi connectivity index (χ4v) is 7.46. The third-order valence-electron chi connectivity index (χ3n) is 10.7. The van der Waals surface area contributed by atoms with E-state index in [0.29, 0.717) is 19.3 Å². The molecule has 3 unspecified atom stereocenters. The molecule has 2 N–H and O–H groups in total. The second-order valence-corrected chi connectivity index (χ2v) is 18.7.